The largest absolute Gasteiger partial charge is 0.457 e. The van der Waals surface area contributed by atoms with Crippen LogP contribution in [-0.4, -0.2) is 24.3 Å². The molecule has 82 valence electrons. The summed E-state index contributed by atoms with van der Waals surface area (Å²) >= 11 is 0. The van der Waals surface area contributed by atoms with Crippen molar-refractivity contribution in [1.29, 1.82) is 0 Å². The van der Waals surface area contributed by atoms with Crippen LogP contribution in [0.3, 0.4) is 0 Å². The van der Waals surface area contributed by atoms with Crippen LogP contribution in [0.25, 0.3) is 0 Å². The van der Waals surface area contributed by atoms with Crippen molar-refractivity contribution in [1.82, 2.24) is 0 Å². The van der Waals surface area contributed by atoms with E-state index in [0.717, 1.165) is 19.3 Å². The van der Waals surface area contributed by atoms with E-state index in [-0.39, 0.29) is 24.3 Å². The monoisotopic (exact) mass is 208 g/mol. The van der Waals surface area contributed by atoms with E-state index in [1.54, 1.807) is 0 Å². The molecular weight excluding hydrogens is 192 g/mol. The van der Waals surface area contributed by atoms with E-state index >= 15 is 0 Å². The van der Waals surface area contributed by atoms with Crippen molar-refractivity contribution >= 4 is 5.97 Å². The Morgan fingerprint density at radius 3 is 2.80 bits per heavy atom. The molecule has 3 atom stereocenters. The summed E-state index contributed by atoms with van der Waals surface area (Å²) in [6.45, 7) is 2.01. The molecule has 0 radical (unpaired) electrons. The van der Waals surface area contributed by atoms with Gasteiger partial charge in [-0.2, -0.15) is 0 Å². The average molecular weight is 208 g/mol. The molecule has 2 heterocycles. The third-order valence-electron chi connectivity index (χ3n) is 2.68. The molecule has 0 aromatic carbocycles. The molecule has 0 aromatic rings. The molecule has 2 aliphatic rings. The molecule has 2 saturated heterocycles. The molecule has 3 nitrogen and oxygen atoms in total. The summed E-state index contributed by atoms with van der Waals surface area (Å²) in [5, 5.41) is 0. The predicted molar refractivity (Wildman–Crippen MR) is 56.3 cm³/mol. The van der Waals surface area contributed by atoms with Gasteiger partial charge in [0.15, 0.2) is 6.10 Å². The van der Waals surface area contributed by atoms with Gasteiger partial charge < -0.3 is 9.47 Å². The van der Waals surface area contributed by atoms with Gasteiger partial charge in [0.05, 0.1) is 0 Å². The third kappa shape index (κ3) is 2.48. The second-order valence-electron chi connectivity index (χ2n) is 3.85. The Morgan fingerprint density at radius 2 is 2.20 bits per heavy atom. The molecule has 0 N–H and O–H groups in total. The van der Waals surface area contributed by atoms with Gasteiger partial charge in [0.1, 0.15) is 12.2 Å². The lowest BCUT2D eigenvalue weighted by Gasteiger charge is -2.08. The molecule has 2 fully saturated rings. The van der Waals surface area contributed by atoms with Crippen molar-refractivity contribution < 1.29 is 14.3 Å². The lowest BCUT2D eigenvalue weighted by Crippen LogP contribution is -2.15. The van der Waals surface area contributed by atoms with E-state index in [4.69, 9.17) is 9.47 Å². The Morgan fingerprint density at radius 1 is 1.33 bits per heavy atom. The van der Waals surface area contributed by atoms with Gasteiger partial charge in [-0.1, -0.05) is 24.3 Å². The van der Waals surface area contributed by atoms with Crippen LogP contribution in [-0.2, 0) is 14.3 Å². The topological polar surface area (TPSA) is 38.8 Å². The lowest BCUT2D eigenvalue weighted by molar-refractivity contribution is -0.149. The molecule has 0 saturated carbocycles. The van der Waals surface area contributed by atoms with Crippen LogP contribution in [0.4, 0.5) is 0 Å². The number of rotatable bonds is 5. The molecule has 0 unspecified atom stereocenters. The highest BCUT2D eigenvalue weighted by atomic mass is 16.7. The van der Waals surface area contributed by atoms with Gasteiger partial charge in [0.2, 0.25) is 0 Å². The summed E-state index contributed by atoms with van der Waals surface area (Å²) in [6.07, 6.45) is 11.0. The zero-order valence-corrected chi connectivity index (χ0v) is 8.89. The Bertz CT molecular complexity index is 293. The normalized spacial score (nSPS) is 33.7. The van der Waals surface area contributed by atoms with Crippen molar-refractivity contribution in [3.63, 3.8) is 0 Å². The van der Waals surface area contributed by atoms with Crippen LogP contribution in [0.5, 0.6) is 0 Å². The fourth-order valence-corrected chi connectivity index (χ4v) is 1.79. The van der Waals surface area contributed by atoms with Crippen molar-refractivity contribution in [2.45, 2.75) is 44.5 Å². The number of cyclic esters (lactones) is 1. The maximum absolute atomic E-state index is 11.0. The van der Waals surface area contributed by atoms with Crippen LogP contribution >= 0.6 is 0 Å². The summed E-state index contributed by atoms with van der Waals surface area (Å²) in [4.78, 5) is 11.0. The lowest BCUT2D eigenvalue weighted by atomic mass is 10.1. The number of epoxide rings is 1. The van der Waals surface area contributed by atoms with Gasteiger partial charge in [0, 0.05) is 0 Å². The number of allylic oxidation sites excluding steroid dienone is 4. The number of carbonyl (C=O) groups is 1. The molecule has 0 aliphatic carbocycles. The second kappa shape index (κ2) is 4.62. The smallest absolute Gasteiger partial charge is 0.338 e. The maximum Gasteiger partial charge on any atom is 0.338 e. The van der Waals surface area contributed by atoms with Crippen molar-refractivity contribution in [2.75, 3.05) is 0 Å². The van der Waals surface area contributed by atoms with E-state index in [1.165, 1.54) is 0 Å². The molecule has 3 heteroatoms. The fourth-order valence-electron chi connectivity index (χ4n) is 1.79. The predicted octanol–water partition coefficient (Wildman–Crippen LogP) is 1.98. The maximum atomic E-state index is 11.0. The van der Waals surface area contributed by atoms with E-state index in [9.17, 15) is 4.79 Å². The number of carbonyl (C=O) groups excluding carboxylic acids is 1. The van der Waals surface area contributed by atoms with Crippen LogP contribution in [0.15, 0.2) is 24.3 Å². The number of esters is 1. The summed E-state index contributed by atoms with van der Waals surface area (Å²) in [5.41, 5.74) is 0. The highest BCUT2D eigenvalue weighted by Gasteiger charge is 2.58. The Labute approximate surface area is 89.8 Å². The third-order valence-corrected chi connectivity index (χ3v) is 2.68. The highest BCUT2D eigenvalue weighted by molar-refractivity contribution is 5.81. The highest BCUT2D eigenvalue weighted by Crippen LogP contribution is 2.37. The molecule has 0 spiro atoms. The van der Waals surface area contributed by atoms with Gasteiger partial charge >= 0.3 is 5.97 Å². The molecule has 15 heavy (non-hydrogen) atoms. The minimum absolute atomic E-state index is 0.00568. The Hall–Kier alpha value is -1.09. The van der Waals surface area contributed by atoms with Gasteiger partial charge in [0.25, 0.3) is 0 Å². The van der Waals surface area contributed by atoms with Crippen LogP contribution < -0.4 is 0 Å². The molecule has 2 aliphatic heterocycles. The van der Waals surface area contributed by atoms with Crippen LogP contribution in [0.2, 0.25) is 0 Å². The zero-order valence-electron chi connectivity index (χ0n) is 8.89. The fraction of sp³-hybridized carbons (Fsp3) is 0.583. The Kier molecular flexibility index (Phi) is 3.21. The average Bonchev–Trinajstić information content (AvgIpc) is 2.96. The van der Waals surface area contributed by atoms with Crippen molar-refractivity contribution in [2.24, 2.45) is 0 Å². The molecule has 0 bridgehead atoms. The summed E-state index contributed by atoms with van der Waals surface area (Å²) in [5.74, 6) is -0.178. The first-order valence-corrected chi connectivity index (χ1v) is 5.45. The van der Waals surface area contributed by atoms with E-state index in [2.05, 4.69) is 18.2 Å². The molecule has 2 rings (SSSR count). The summed E-state index contributed by atoms with van der Waals surface area (Å²) < 4.78 is 10.3. The van der Waals surface area contributed by atoms with Crippen LogP contribution in [0, 0.1) is 0 Å². The first kappa shape index (κ1) is 10.4. The quantitative estimate of drug-likeness (QED) is 0.394. The minimum Gasteiger partial charge on any atom is -0.457 e. The summed E-state index contributed by atoms with van der Waals surface area (Å²) in [7, 11) is 0. The molecule has 0 amide bonds. The SMILES string of the molecule is C/C=C/C/C=C/CC[C@@H]1OC(=O)[C@@H]2O[C@H]12. The van der Waals surface area contributed by atoms with Gasteiger partial charge in [-0.05, 0) is 26.2 Å². The molecule has 0 aromatic heterocycles. The van der Waals surface area contributed by atoms with Gasteiger partial charge in [-0.15, -0.1) is 0 Å². The first-order valence-electron chi connectivity index (χ1n) is 5.45. The minimum atomic E-state index is -0.234. The van der Waals surface area contributed by atoms with E-state index in [0.29, 0.717) is 0 Å². The first-order chi connectivity index (χ1) is 7.33. The van der Waals surface area contributed by atoms with Crippen molar-refractivity contribution in [3.8, 4) is 0 Å². The number of fused-ring (bicyclic) bond motifs is 1. The Balaban J connectivity index is 1.62. The van der Waals surface area contributed by atoms with Crippen molar-refractivity contribution in [3.05, 3.63) is 24.3 Å². The number of ether oxygens (including phenoxy) is 2. The van der Waals surface area contributed by atoms with E-state index < -0.39 is 0 Å². The van der Waals surface area contributed by atoms with Gasteiger partial charge in [-0.3, -0.25) is 0 Å². The standard InChI is InChI=1S/C12H16O3/c1-2-3-4-5-6-7-8-9-10-11(15-10)12(13)14-9/h2-3,5-6,9-11H,4,7-8H2,1H3/b3-2+,6-5+/t9-,10+,11+/m0/s1. The number of hydrogen-bond acceptors (Lipinski definition) is 3. The zero-order chi connectivity index (χ0) is 10.7. The van der Waals surface area contributed by atoms with Crippen LogP contribution in [0.1, 0.15) is 26.2 Å². The second-order valence-corrected chi connectivity index (χ2v) is 3.85. The van der Waals surface area contributed by atoms with E-state index in [1.807, 2.05) is 13.0 Å². The molecular formula is C12H16O3. The summed E-state index contributed by atoms with van der Waals surface area (Å²) in [6, 6.07) is 0. The van der Waals surface area contributed by atoms with Gasteiger partial charge in [-0.25, -0.2) is 4.79 Å². The number of hydrogen-bond donors (Lipinski definition) is 0.